The summed E-state index contributed by atoms with van der Waals surface area (Å²) in [5.74, 6) is -0.680. The van der Waals surface area contributed by atoms with Gasteiger partial charge in [0.2, 0.25) is 0 Å². The van der Waals surface area contributed by atoms with E-state index in [0.717, 1.165) is 5.56 Å². The van der Waals surface area contributed by atoms with Crippen molar-refractivity contribution in [2.45, 2.75) is 32.9 Å². The van der Waals surface area contributed by atoms with E-state index < -0.39 is 5.97 Å². The quantitative estimate of drug-likeness (QED) is 0.832. The van der Waals surface area contributed by atoms with E-state index in [-0.39, 0.29) is 24.6 Å². The number of carboxylic acid groups (broad SMARTS) is 1. The summed E-state index contributed by atoms with van der Waals surface area (Å²) in [5, 5.41) is 8.97. The van der Waals surface area contributed by atoms with Crippen LogP contribution in [0.4, 0.5) is 0 Å². The van der Waals surface area contributed by atoms with Crippen molar-refractivity contribution in [1.82, 2.24) is 4.90 Å². The number of ether oxygens (including phenoxy) is 1. The number of amides is 1. The second-order valence-corrected chi connectivity index (χ2v) is 6.12. The molecular formula is C20H23NO4. The number of carbonyl (C=O) groups is 2. The van der Waals surface area contributed by atoms with E-state index in [1.807, 2.05) is 37.3 Å². The van der Waals surface area contributed by atoms with Crippen LogP contribution in [0.25, 0.3) is 0 Å². The Morgan fingerprint density at radius 2 is 1.60 bits per heavy atom. The molecule has 1 amide bonds. The van der Waals surface area contributed by atoms with Gasteiger partial charge in [-0.1, -0.05) is 30.3 Å². The number of rotatable bonds is 7. The first-order valence-corrected chi connectivity index (χ1v) is 8.23. The molecule has 132 valence electrons. The Labute approximate surface area is 147 Å². The summed E-state index contributed by atoms with van der Waals surface area (Å²) in [6.07, 6.45) is -0.109. The molecule has 0 fully saturated rings. The van der Waals surface area contributed by atoms with Crippen molar-refractivity contribution < 1.29 is 19.4 Å². The summed E-state index contributed by atoms with van der Waals surface area (Å²) in [7, 11) is 0. The fourth-order valence-corrected chi connectivity index (χ4v) is 2.47. The van der Waals surface area contributed by atoms with Gasteiger partial charge in [-0.05, 0) is 50.6 Å². The third-order valence-electron chi connectivity index (χ3n) is 3.87. The predicted octanol–water partition coefficient (Wildman–Crippen LogP) is 3.76. The molecule has 5 heteroatoms. The number of hydrogen-bond donors (Lipinski definition) is 1. The number of nitrogens with zero attached hydrogens (tertiary/aromatic N) is 1. The minimum absolute atomic E-state index is 0.109. The van der Waals surface area contributed by atoms with Crippen LogP contribution in [0.5, 0.6) is 5.75 Å². The molecule has 0 saturated heterocycles. The topological polar surface area (TPSA) is 66.8 Å². The fourth-order valence-electron chi connectivity index (χ4n) is 2.47. The van der Waals surface area contributed by atoms with Crippen LogP contribution < -0.4 is 4.74 Å². The second-order valence-electron chi connectivity index (χ2n) is 6.12. The summed E-state index contributed by atoms with van der Waals surface area (Å²) in [6, 6.07) is 16.4. The maximum absolute atomic E-state index is 12.5. The normalized spacial score (nSPS) is 11.8. The Morgan fingerprint density at radius 1 is 1.00 bits per heavy atom. The largest absolute Gasteiger partial charge is 0.486 e. The van der Waals surface area contributed by atoms with Crippen LogP contribution in [0.3, 0.4) is 0 Å². The lowest BCUT2D eigenvalue weighted by Crippen LogP contribution is -2.40. The van der Waals surface area contributed by atoms with Crippen LogP contribution in [0.15, 0.2) is 54.6 Å². The van der Waals surface area contributed by atoms with Gasteiger partial charge in [0.05, 0.1) is 0 Å². The lowest BCUT2D eigenvalue weighted by atomic mass is 10.1. The van der Waals surface area contributed by atoms with E-state index in [2.05, 4.69) is 0 Å². The molecule has 0 heterocycles. The van der Waals surface area contributed by atoms with Crippen LogP contribution >= 0.6 is 0 Å². The Hall–Kier alpha value is -2.82. The average molecular weight is 341 g/mol. The number of hydrogen-bond acceptors (Lipinski definition) is 3. The highest BCUT2D eigenvalue weighted by molar-refractivity contribution is 5.96. The predicted molar refractivity (Wildman–Crippen MR) is 95.7 cm³/mol. The highest BCUT2D eigenvalue weighted by Crippen LogP contribution is 2.22. The van der Waals surface area contributed by atoms with Gasteiger partial charge < -0.3 is 14.7 Å². The zero-order valence-electron chi connectivity index (χ0n) is 14.7. The lowest BCUT2D eigenvalue weighted by molar-refractivity contribution is -0.138. The fraction of sp³-hybridized carbons (Fsp3) is 0.300. The molecular weight excluding hydrogens is 318 g/mol. The molecule has 1 unspecified atom stereocenters. The van der Waals surface area contributed by atoms with Crippen LogP contribution in [0.2, 0.25) is 0 Å². The lowest BCUT2D eigenvalue weighted by Gasteiger charge is -2.25. The Balaban J connectivity index is 2.08. The molecule has 1 N–H and O–H groups in total. The van der Waals surface area contributed by atoms with E-state index in [1.165, 1.54) is 4.90 Å². The van der Waals surface area contributed by atoms with Gasteiger partial charge in [-0.3, -0.25) is 9.59 Å². The summed E-state index contributed by atoms with van der Waals surface area (Å²) in [5.41, 5.74) is 1.50. The van der Waals surface area contributed by atoms with Gasteiger partial charge >= 0.3 is 5.97 Å². The van der Waals surface area contributed by atoms with Crippen LogP contribution in [0, 0.1) is 0 Å². The molecule has 5 nitrogen and oxygen atoms in total. The van der Waals surface area contributed by atoms with E-state index in [1.54, 1.807) is 38.1 Å². The monoisotopic (exact) mass is 341 g/mol. The molecule has 0 aliphatic carbocycles. The van der Waals surface area contributed by atoms with E-state index in [9.17, 15) is 9.59 Å². The number of benzene rings is 2. The molecule has 0 saturated carbocycles. The average Bonchev–Trinajstić information content (AvgIpc) is 2.60. The van der Waals surface area contributed by atoms with Crippen molar-refractivity contribution in [3.8, 4) is 5.75 Å². The highest BCUT2D eigenvalue weighted by Gasteiger charge is 2.21. The van der Waals surface area contributed by atoms with Crippen molar-refractivity contribution in [1.29, 1.82) is 0 Å². The van der Waals surface area contributed by atoms with Gasteiger partial charge in [0.25, 0.3) is 5.91 Å². The van der Waals surface area contributed by atoms with Gasteiger partial charge in [0, 0.05) is 11.6 Å². The first kappa shape index (κ1) is 18.5. The summed E-state index contributed by atoms with van der Waals surface area (Å²) < 4.78 is 5.89. The first-order chi connectivity index (χ1) is 11.9. The molecule has 1 atom stereocenters. The maximum atomic E-state index is 12.5. The molecule has 25 heavy (non-hydrogen) atoms. The molecule has 2 aromatic carbocycles. The zero-order chi connectivity index (χ0) is 18.4. The Kier molecular flexibility index (Phi) is 6.17. The molecule has 2 aromatic rings. The molecule has 2 rings (SSSR count). The van der Waals surface area contributed by atoms with Crippen LogP contribution in [-0.4, -0.2) is 34.5 Å². The van der Waals surface area contributed by atoms with Gasteiger partial charge in [-0.2, -0.15) is 0 Å². The highest BCUT2D eigenvalue weighted by atomic mass is 16.5. The number of carbonyl (C=O) groups excluding carboxylic acids is 1. The molecule has 0 aromatic heterocycles. The van der Waals surface area contributed by atoms with Gasteiger partial charge in [-0.25, -0.2) is 0 Å². The first-order valence-electron chi connectivity index (χ1n) is 8.23. The molecule has 0 aliphatic rings. The third-order valence-corrected chi connectivity index (χ3v) is 3.87. The van der Waals surface area contributed by atoms with Gasteiger partial charge in [-0.15, -0.1) is 0 Å². The van der Waals surface area contributed by atoms with Crippen molar-refractivity contribution in [2.75, 3.05) is 6.54 Å². The van der Waals surface area contributed by atoms with E-state index >= 15 is 0 Å². The third kappa shape index (κ3) is 5.08. The molecule has 0 spiro atoms. The Morgan fingerprint density at radius 3 is 2.12 bits per heavy atom. The SMILES string of the molecule is CC(Oc1ccc(C(=O)N(CC(=O)O)C(C)C)cc1)c1ccccc1. The van der Waals surface area contributed by atoms with Crippen LogP contribution in [-0.2, 0) is 4.79 Å². The van der Waals surface area contributed by atoms with Crippen LogP contribution in [0.1, 0.15) is 42.8 Å². The standard InChI is InChI=1S/C20H23NO4/c1-14(2)21(13-19(22)23)20(24)17-9-11-18(12-10-17)25-15(3)16-7-5-4-6-8-16/h4-12,14-15H,13H2,1-3H3,(H,22,23). The minimum atomic E-state index is -1.03. The second kappa shape index (κ2) is 8.33. The summed E-state index contributed by atoms with van der Waals surface area (Å²) >= 11 is 0. The zero-order valence-corrected chi connectivity index (χ0v) is 14.7. The van der Waals surface area contributed by atoms with E-state index in [4.69, 9.17) is 9.84 Å². The number of carboxylic acids is 1. The summed E-state index contributed by atoms with van der Waals surface area (Å²) in [4.78, 5) is 24.8. The number of aliphatic carboxylic acids is 1. The van der Waals surface area contributed by atoms with Crippen molar-refractivity contribution in [3.05, 3.63) is 65.7 Å². The molecule has 0 radical (unpaired) electrons. The smallest absolute Gasteiger partial charge is 0.323 e. The van der Waals surface area contributed by atoms with Gasteiger partial charge in [0.15, 0.2) is 0 Å². The Bertz CT molecular complexity index is 710. The molecule has 0 aliphatic heterocycles. The van der Waals surface area contributed by atoms with Crippen molar-refractivity contribution >= 4 is 11.9 Å². The maximum Gasteiger partial charge on any atom is 0.323 e. The molecule has 0 bridgehead atoms. The van der Waals surface area contributed by atoms with Crippen molar-refractivity contribution in [3.63, 3.8) is 0 Å². The van der Waals surface area contributed by atoms with Gasteiger partial charge in [0.1, 0.15) is 18.4 Å². The summed E-state index contributed by atoms with van der Waals surface area (Å²) in [6.45, 7) is 5.22. The van der Waals surface area contributed by atoms with Crippen molar-refractivity contribution in [2.24, 2.45) is 0 Å². The van der Waals surface area contributed by atoms with E-state index in [0.29, 0.717) is 11.3 Å². The minimum Gasteiger partial charge on any atom is -0.486 e.